The lowest BCUT2D eigenvalue weighted by Crippen LogP contribution is -2.16. The van der Waals surface area contributed by atoms with E-state index in [0.29, 0.717) is 0 Å². The van der Waals surface area contributed by atoms with E-state index in [2.05, 4.69) is 231 Å². The highest BCUT2D eigenvalue weighted by atomic mass is 32.1. The molecule has 0 bridgehead atoms. The molecule has 10 aromatic rings. The molecule has 11 rings (SSSR count). The van der Waals surface area contributed by atoms with Gasteiger partial charge in [-0.2, -0.15) is 0 Å². The molecule has 59 heavy (non-hydrogen) atoms. The van der Waals surface area contributed by atoms with E-state index >= 15 is 0 Å². The quantitative estimate of drug-likeness (QED) is 0.156. The molecule has 0 atom stereocenters. The van der Waals surface area contributed by atoms with Crippen molar-refractivity contribution in [3.63, 3.8) is 0 Å². The minimum absolute atomic E-state index is 0.106. The zero-order valence-corrected chi connectivity index (χ0v) is 33.9. The van der Waals surface area contributed by atoms with Gasteiger partial charge < -0.3 is 4.90 Å². The number of hydrogen-bond donors (Lipinski definition) is 0. The van der Waals surface area contributed by atoms with Crippen LogP contribution in [0, 0.1) is 0 Å². The molecular weight excluding hydrogens is 731 g/mol. The van der Waals surface area contributed by atoms with Crippen molar-refractivity contribution in [3.05, 3.63) is 223 Å². The first-order chi connectivity index (χ1) is 29.0. The second-order valence-electron chi connectivity index (χ2n) is 16.0. The minimum Gasteiger partial charge on any atom is -0.310 e. The summed E-state index contributed by atoms with van der Waals surface area (Å²) in [5.41, 5.74) is 18.4. The van der Waals surface area contributed by atoms with Gasteiger partial charge in [-0.3, -0.25) is 0 Å². The molecule has 280 valence electrons. The molecule has 0 saturated carbocycles. The summed E-state index contributed by atoms with van der Waals surface area (Å²) in [4.78, 5) is 2.48. The van der Waals surface area contributed by atoms with Crippen LogP contribution in [0.2, 0.25) is 0 Å². The molecule has 0 unspecified atom stereocenters. The van der Waals surface area contributed by atoms with Gasteiger partial charge in [0.1, 0.15) is 0 Å². The predicted molar refractivity (Wildman–Crippen MR) is 253 cm³/mol. The van der Waals surface area contributed by atoms with Gasteiger partial charge in [0, 0.05) is 42.5 Å². The van der Waals surface area contributed by atoms with Crippen molar-refractivity contribution >= 4 is 48.6 Å². The Bertz CT molecular complexity index is 3170. The molecule has 1 aliphatic rings. The Hall–Kier alpha value is -7.00. The topological polar surface area (TPSA) is 3.24 Å². The van der Waals surface area contributed by atoms with Gasteiger partial charge in [-0.25, -0.2) is 0 Å². The average molecular weight is 772 g/mol. The molecule has 2 heteroatoms. The Kier molecular flexibility index (Phi) is 8.43. The van der Waals surface area contributed by atoms with Crippen molar-refractivity contribution < 1.29 is 0 Å². The van der Waals surface area contributed by atoms with Gasteiger partial charge in [0.05, 0.1) is 5.69 Å². The Morgan fingerprint density at radius 2 is 0.915 bits per heavy atom. The normalized spacial score (nSPS) is 12.7. The molecule has 0 radical (unpaired) electrons. The Morgan fingerprint density at radius 3 is 1.69 bits per heavy atom. The van der Waals surface area contributed by atoms with E-state index < -0.39 is 0 Å². The van der Waals surface area contributed by atoms with Crippen LogP contribution in [0.4, 0.5) is 17.1 Å². The van der Waals surface area contributed by atoms with Gasteiger partial charge in [0.15, 0.2) is 0 Å². The summed E-state index contributed by atoms with van der Waals surface area (Å²) < 4.78 is 2.60. The van der Waals surface area contributed by atoms with Gasteiger partial charge in [0.25, 0.3) is 0 Å². The molecule has 0 amide bonds. The van der Waals surface area contributed by atoms with E-state index in [1.54, 1.807) is 0 Å². The van der Waals surface area contributed by atoms with E-state index in [4.69, 9.17) is 0 Å². The third-order valence-corrected chi connectivity index (χ3v) is 13.4. The smallest absolute Gasteiger partial charge is 0.0546 e. The standard InChI is InChI=1S/C57H41NS/c1-57(2)51-28-13-11-22-46(51)49-27-15-26-45(56(49)57)40-31-33-41(34-32-40)58(42-35-36-54-50(37-42)47-23-12-14-30-53(47)59-54)52-29-16-25-44(39-19-7-4-8-20-39)55(52)48-24-10-9-21-43(48)38-17-5-3-6-18-38/h3-37H,1-2H3. The molecule has 0 aliphatic heterocycles. The number of benzene rings is 9. The van der Waals surface area contributed by atoms with Crippen molar-refractivity contribution in [1.82, 2.24) is 0 Å². The van der Waals surface area contributed by atoms with E-state index in [-0.39, 0.29) is 5.41 Å². The molecule has 0 spiro atoms. The van der Waals surface area contributed by atoms with E-state index in [1.807, 2.05) is 11.3 Å². The van der Waals surface area contributed by atoms with Crippen LogP contribution in [-0.2, 0) is 5.41 Å². The van der Waals surface area contributed by atoms with Crippen LogP contribution in [0.3, 0.4) is 0 Å². The third-order valence-electron chi connectivity index (χ3n) is 12.3. The molecule has 0 saturated heterocycles. The molecule has 1 aliphatic carbocycles. The summed E-state index contributed by atoms with van der Waals surface area (Å²) >= 11 is 1.86. The van der Waals surface area contributed by atoms with Crippen molar-refractivity contribution in [2.75, 3.05) is 4.90 Å². The van der Waals surface area contributed by atoms with Gasteiger partial charge in [-0.1, -0.05) is 184 Å². The van der Waals surface area contributed by atoms with Crippen LogP contribution in [0.25, 0.3) is 75.8 Å². The Labute approximate surface area is 350 Å². The molecule has 9 aromatic carbocycles. The van der Waals surface area contributed by atoms with Crippen molar-refractivity contribution in [1.29, 1.82) is 0 Å². The summed E-state index contributed by atoms with van der Waals surface area (Å²) in [6, 6.07) is 78.1. The number of nitrogens with zero attached hydrogens (tertiary/aromatic N) is 1. The number of anilines is 3. The SMILES string of the molecule is CC1(C)c2ccccc2-c2cccc(-c3ccc(N(c4ccc5sc6ccccc6c5c4)c4cccc(-c5ccccc5)c4-c4ccccc4-c4ccccc4)cc3)c21. The molecule has 1 aromatic heterocycles. The fraction of sp³-hybridized carbons (Fsp3) is 0.0526. The largest absolute Gasteiger partial charge is 0.310 e. The van der Waals surface area contributed by atoms with Gasteiger partial charge in [-0.15, -0.1) is 11.3 Å². The lowest BCUT2D eigenvalue weighted by atomic mass is 9.79. The zero-order chi connectivity index (χ0) is 39.5. The first-order valence-electron chi connectivity index (χ1n) is 20.4. The molecule has 1 heterocycles. The van der Waals surface area contributed by atoms with Gasteiger partial charge in [-0.05, 0) is 104 Å². The van der Waals surface area contributed by atoms with Crippen LogP contribution >= 0.6 is 11.3 Å². The fourth-order valence-corrected chi connectivity index (χ4v) is 10.7. The second-order valence-corrected chi connectivity index (χ2v) is 17.1. The Balaban J connectivity index is 1.15. The monoisotopic (exact) mass is 771 g/mol. The Morgan fingerprint density at radius 1 is 0.373 bits per heavy atom. The molecule has 0 N–H and O–H groups in total. The highest BCUT2D eigenvalue weighted by Crippen LogP contribution is 2.53. The summed E-state index contributed by atoms with van der Waals surface area (Å²) in [5, 5.41) is 2.57. The minimum atomic E-state index is -0.106. The highest BCUT2D eigenvalue weighted by molar-refractivity contribution is 7.25. The maximum atomic E-state index is 2.48. The highest BCUT2D eigenvalue weighted by Gasteiger charge is 2.37. The van der Waals surface area contributed by atoms with E-state index in [0.717, 1.165) is 17.1 Å². The number of fused-ring (bicyclic) bond motifs is 6. The van der Waals surface area contributed by atoms with Gasteiger partial charge >= 0.3 is 0 Å². The zero-order valence-electron chi connectivity index (χ0n) is 33.1. The second kappa shape index (κ2) is 14.1. The summed E-state index contributed by atoms with van der Waals surface area (Å²) in [7, 11) is 0. The van der Waals surface area contributed by atoms with Crippen molar-refractivity contribution in [2.45, 2.75) is 19.3 Å². The van der Waals surface area contributed by atoms with Crippen molar-refractivity contribution in [2.24, 2.45) is 0 Å². The molecule has 0 fully saturated rings. The first-order valence-corrected chi connectivity index (χ1v) is 21.2. The molecular formula is C57H41NS. The average Bonchev–Trinajstić information content (AvgIpc) is 3.79. The summed E-state index contributed by atoms with van der Waals surface area (Å²) in [5.74, 6) is 0. The van der Waals surface area contributed by atoms with Crippen LogP contribution < -0.4 is 4.90 Å². The van der Waals surface area contributed by atoms with Crippen LogP contribution in [0.15, 0.2) is 212 Å². The lowest BCUT2D eigenvalue weighted by molar-refractivity contribution is 0.662. The number of hydrogen-bond acceptors (Lipinski definition) is 2. The third kappa shape index (κ3) is 5.82. The van der Waals surface area contributed by atoms with Gasteiger partial charge in [0.2, 0.25) is 0 Å². The number of thiophene rings is 1. The van der Waals surface area contributed by atoms with Crippen LogP contribution in [0.5, 0.6) is 0 Å². The van der Waals surface area contributed by atoms with E-state index in [1.165, 1.54) is 86.9 Å². The molecule has 1 nitrogen and oxygen atoms in total. The van der Waals surface area contributed by atoms with Crippen LogP contribution in [-0.4, -0.2) is 0 Å². The summed E-state index contributed by atoms with van der Waals surface area (Å²) in [6.07, 6.45) is 0. The maximum Gasteiger partial charge on any atom is 0.0546 e. The van der Waals surface area contributed by atoms with E-state index in [9.17, 15) is 0 Å². The van der Waals surface area contributed by atoms with Crippen molar-refractivity contribution in [3.8, 4) is 55.6 Å². The predicted octanol–water partition coefficient (Wildman–Crippen LogP) is 16.5. The summed E-state index contributed by atoms with van der Waals surface area (Å²) in [6.45, 7) is 4.74. The van der Waals surface area contributed by atoms with Crippen LogP contribution in [0.1, 0.15) is 25.0 Å². The number of rotatable bonds is 7. The lowest BCUT2D eigenvalue weighted by Gasteiger charge is -2.30. The maximum absolute atomic E-state index is 2.48. The first kappa shape index (κ1) is 35.2. The fourth-order valence-electron chi connectivity index (χ4n) is 9.60.